The third-order valence-corrected chi connectivity index (χ3v) is 4.27. The first-order valence-electron chi connectivity index (χ1n) is 7.12. The predicted octanol–water partition coefficient (Wildman–Crippen LogP) is 4.11. The molecule has 1 aliphatic carbocycles. The molecule has 0 N–H and O–H groups in total. The Morgan fingerprint density at radius 1 is 0.889 bits per heavy atom. The zero-order chi connectivity index (χ0) is 12.4. The van der Waals surface area contributed by atoms with Gasteiger partial charge in [0.05, 0.1) is 0 Å². The van der Waals surface area contributed by atoms with Crippen LogP contribution in [0.4, 0.5) is 0 Å². The second-order valence-electron chi connectivity index (χ2n) is 5.52. The molecule has 3 rings (SSSR count). The van der Waals surface area contributed by atoms with Crippen LogP contribution in [0.3, 0.4) is 0 Å². The minimum Gasteiger partial charge on any atom is -0.457 e. The first kappa shape index (κ1) is 11.8. The molecule has 1 saturated heterocycles. The molecule has 1 unspecified atom stereocenters. The fourth-order valence-electron chi connectivity index (χ4n) is 3.18. The van der Waals surface area contributed by atoms with E-state index < -0.39 is 0 Å². The van der Waals surface area contributed by atoms with Gasteiger partial charge in [0.25, 0.3) is 0 Å². The van der Waals surface area contributed by atoms with Gasteiger partial charge in [-0.15, -0.1) is 0 Å². The highest BCUT2D eigenvalue weighted by Gasteiger charge is 2.25. The molecule has 1 heterocycles. The fourth-order valence-corrected chi connectivity index (χ4v) is 3.18. The van der Waals surface area contributed by atoms with Crippen molar-refractivity contribution in [1.82, 2.24) is 0 Å². The number of cyclic esters (lactones) is 1. The lowest BCUT2D eigenvalue weighted by atomic mass is 9.84. The van der Waals surface area contributed by atoms with Gasteiger partial charge >= 0.3 is 5.97 Å². The van der Waals surface area contributed by atoms with Crippen LogP contribution in [0.5, 0.6) is 0 Å². The van der Waals surface area contributed by atoms with Gasteiger partial charge in [-0.2, -0.15) is 0 Å². The van der Waals surface area contributed by atoms with Gasteiger partial charge in [-0.3, -0.25) is 4.79 Å². The number of carbonyl (C=O) groups excluding carboxylic acids is 1. The summed E-state index contributed by atoms with van der Waals surface area (Å²) in [6.45, 7) is 0. The molecule has 1 aliphatic heterocycles. The number of ether oxygens (including phenoxy) is 1. The van der Waals surface area contributed by atoms with Gasteiger partial charge in [0.2, 0.25) is 0 Å². The fraction of sp³-hybridized carbons (Fsp3) is 0.562. The van der Waals surface area contributed by atoms with Crippen LogP contribution >= 0.6 is 0 Å². The Balaban J connectivity index is 1.70. The van der Waals surface area contributed by atoms with E-state index in [0.29, 0.717) is 6.42 Å². The van der Waals surface area contributed by atoms with Crippen LogP contribution in [0.1, 0.15) is 68.1 Å². The molecule has 0 radical (unpaired) electrons. The lowest BCUT2D eigenvalue weighted by Crippen LogP contribution is -2.05. The predicted molar refractivity (Wildman–Crippen MR) is 70.3 cm³/mol. The van der Waals surface area contributed by atoms with Crippen molar-refractivity contribution in [2.24, 2.45) is 0 Å². The number of hydrogen-bond donors (Lipinski definition) is 0. The number of esters is 1. The molecule has 1 aromatic rings. The van der Waals surface area contributed by atoms with Crippen molar-refractivity contribution < 1.29 is 9.53 Å². The van der Waals surface area contributed by atoms with Crippen LogP contribution in [-0.2, 0) is 9.53 Å². The highest BCUT2D eigenvalue weighted by molar-refractivity contribution is 5.71. The van der Waals surface area contributed by atoms with Crippen molar-refractivity contribution in [1.29, 1.82) is 0 Å². The van der Waals surface area contributed by atoms with Gasteiger partial charge in [0, 0.05) is 6.42 Å². The summed E-state index contributed by atoms with van der Waals surface area (Å²) >= 11 is 0. The summed E-state index contributed by atoms with van der Waals surface area (Å²) in [6, 6.07) is 8.76. The Labute approximate surface area is 108 Å². The number of carbonyl (C=O) groups is 1. The molecule has 1 atom stereocenters. The lowest BCUT2D eigenvalue weighted by molar-refractivity contribution is -0.141. The highest BCUT2D eigenvalue weighted by atomic mass is 16.5. The van der Waals surface area contributed by atoms with Crippen molar-refractivity contribution in [3.8, 4) is 0 Å². The van der Waals surface area contributed by atoms with Crippen LogP contribution in [-0.4, -0.2) is 5.97 Å². The van der Waals surface area contributed by atoms with Gasteiger partial charge in [-0.1, -0.05) is 43.5 Å². The highest BCUT2D eigenvalue weighted by Crippen LogP contribution is 2.34. The topological polar surface area (TPSA) is 26.3 Å². The SMILES string of the molecule is O=C1CCC(c2ccc(C3CCCCC3)cc2)O1. The quantitative estimate of drug-likeness (QED) is 0.732. The molecule has 0 spiro atoms. The van der Waals surface area contributed by atoms with E-state index in [1.165, 1.54) is 37.7 Å². The van der Waals surface area contributed by atoms with E-state index in [-0.39, 0.29) is 12.1 Å². The van der Waals surface area contributed by atoms with E-state index in [0.717, 1.165) is 17.9 Å². The Morgan fingerprint density at radius 3 is 2.17 bits per heavy atom. The Hall–Kier alpha value is -1.31. The van der Waals surface area contributed by atoms with Crippen molar-refractivity contribution in [3.05, 3.63) is 35.4 Å². The van der Waals surface area contributed by atoms with Gasteiger partial charge in [0.15, 0.2) is 0 Å². The van der Waals surface area contributed by atoms with Gasteiger partial charge < -0.3 is 4.74 Å². The minimum absolute atomic E-state index is 0.00194. The molecule has 2 aliphatic rings. The Morgan fingerprint density at radius 2 is 1.56 bits per heavy atom. The minimum atomic E-state index is -0.0589. The molecule has 2 heteroatoms. The maximum absolute atomic E-state index is 11.1. The van der Waals surface area contributed by atoms with Crippen LogP contribution in [0.2, 0.25) is 0 Å². The van der Waals surface area contributed by atoms with Crippen molar-refractivity contribution in [2.45, 2.75) is 57.0 Å². The van der Waals surface area contributed by atoms with Crippen LogP contribution in [0, 0.1) is 0 Å². The third kappa shape index (κ3) is 2.43. The van der Waals surface area contributed by atoms with Crippen LogP contribution in [0.25, 0.3) is 0 Å². The normalized spacial score (nSPS) is 25.1. The molecule has 18 heavy (non-hydrogen) atoms. The van der Waals surface area contributed by atoms with E-state index in [2.05, 4.69) is 24.3 Å². The summed E-state index contributed by atoms with van der Waals surface area (Å²) in [5.74, 6) is 0.690. The third-order valence-electron chi connectivity index (χ3n) is 4.27. The number of benzene rings is 1. The van der Waals surface area contributed by atoms with Gasteiger partial charge in [-0.25, -0.2) is 0 Å². The second-order valence-corrected chi connectivity index (χ2v) is 5.52. The monoisotopic (exact) mass is 244 g/mol. The molecule has 2 fully saturated rings. The first-order valence-corrected chi connectivity index (χ1v) is 7.12. The van der Waals surface area contributed by atoms with Crippen LogP contribution in [0.15, 0.2) is 24.3 Å². The summed E-state index contributed by atoms with van der Waals surface area (Å²) in [5, 5.41) is 0. The standard InChI is InChI=1S/C16H20O2/c17-16-11-10-15(18-16)14-8-6-13(7-9-14)12-4-2-1-3-5-12/h6-9,12,15H,1-5,10-11H2. The van der Waals surface area contributed by atoms with E-state index in [1.807, 2.05) is 0 Å². The molecule has 0 bridgehead atoms. The summed E-state index contributed by atoms with van der Waals surface area (Å²) in [4.78, 5) is 11.1. The number of rotatable bonds is 2. The maximum atomic E-state index is 11.1. The smallest absolute Gasteiger partial charge is 0.306 e. The van der Waals surface area contributed by atoms with Crippen molar-refractivity contribution in [3.63, 3.8) is 0 Å². The summed E-state index contributed by atoms with van der Waals surface area (Å²) < 4.78 is 5.29. The number of hydrogen-bond acceptors (Lipinski definition) is 2. The van der Waals surface area contributed by atoms with Gasteiger partial charge in [0.1, 0.15) is 6.10 Å². The molecule has 0 aromatic heterocycles. The first-order chi connectivity index (χ1) is 8.83. The van der Waals surface area contributed by atoms with E-state index in [9.17, 15) is 4.79 Å². The average molecular weight is 244 g/mol. The summed E-state index contributed by atoms with van der Waals surface area (Å²) in [6.07, 6.45) is 8.19. The molecule has 0 amide bonds. The molecular weight excluding hydrogens is 224 g/mol. The van der Waals surface area contributed by atoms with E-state index in [1.54, 1.807) is 0 Å². The zero-order valence-corrected chi connectivity index (χ0v) is 10.7. The van der Waals surface area contributed by atoms with Crippen molar-refractivity contribution in [2.75, 3.05) is 0 Å². The molecule has 1 saturated carbocycles. The lowest BCUT2D eigenvalue weighted by Gasteiger charge is -2.22. The van der Waals surface area contributed by atoms with E-state index in [4.69, 9.17) is 4.74 Å². The second kappa shape index (κ2) is 5.13. The average Bonchev–Trinajstić information content (AvgIpc) is 2.87. The maximum Gasteiger partial charge on any atom is 0.306 e. The van der Waals surface area contributed by atoms with Crippen LogP contribution < -0.4 is 0 Å². The van der Waals surface area contributed by atoms with Gasteiger partial charge in [-0.05, 0) is 36.3 Å². The summed E-state index contributed by atoms with van der Waals surface area (Å²) in [5.41, 5.74) is 2.61. The molecular formula is C16H20O2. The Kier molecular flexibility index (Phi) is 3.35. The molecule has 2 nitrogen and oxygen atoms in total. The van der Waals surface area contributed by atoms with Crippen molar-refractivity contribution >= 4 is 5.97 Å². The van der Waals surface area contributed by atoms with E-state index >= 15 is 0 Å². The largest absolute Gasteiger partial charge is 0.457 e. The molecule has 1 aromatic carbocycles. The Bertz CT molecular complexity index is 415. The summed E-state index contributed by atoms with van der Waals surface area (Å²) in [7, 11) is 0. The molecule has 96 valence electrons. The zero-order valence-electron chi connectivity index (χ0n) is 10.7.